The van der Waals surface area contributed by atoms with E-state index in [4.69, 9.17) is 9.47 Å². The second-order valence-electron chi connectivity index (χ2n) is 5.49. The smallest absolute Gasteiger partial charge is 0.234 e. The zero-order valence-electron chi connectivity index (χ0n) is 12.4. The zero-order valence-corrected chi connectivity index (χ0v) is 12.4. The lowest BCUT2D eigenvalue weighted by molar-refractivity contribution is -0.122. The van der Waals surface area contributed by atoms with Gasteiger partial charge in [-0.1, -0.05) is 6.07 Å². The molecule has 1 atom stereocenters. The molecule has 1 fully saturated rings. The largest absolute Gasteiger partial charge is 0.486 e. The maximum absolute atomic E-state index is 11.8. The number of nitrogens with zero attached hydrogens (tertiary/aromatic N) is 1. The van der Waals surface area contributed by atoms with Gasteiger partial charge >= 0.3 is 0 Å². The van der Waals surface area contributed by atoms with Crippen molar-refractivity contribution in [3.63, 3.8) is 0 Å². The molecule has 1 amide bonds. The molecule has 0 aliphatic carbocycles. The number of fused-ring (bicyclic) bond motifs is 1. The molecule has 5 heteroatoms. The number of nitrogens with one attached hydrogen (secondary N) is 1. The number of rotatable bonds is 4. The van der Waals surface area contributed by atoms with E-state index in [1.165, 1.54) is 5.56 Å². The Morgan fingerprint density at radius 2 is 2.14 bits per heavy atom. The first-order valence-corrected chi connectivity index (χ1v) is 7.68. The maximum Gasteiger partial charge on any atom is 0.234 e. The molecular weight excluding hydrogens is 268 g/mol. The van der Waals surface area contributed by atoms with Crippen LogP contribution >= 0.6 is 0 Å². The molecule has 0 spiro atoms. The summed E-state index contributed by atoms with van der Waals surface area (Å²) in [6.45, 7) is 5.27. The van der Waals surface area contributed by atoms with Crippen LogP contribution in [0.5, 0.6) is 11.5 Å². The average molecular weight is 290 g/mol. The lowest BCUT2D eigenvalue weighted by Crippen LogP contribution is -2.36. The van der Waals surface area contributed by atoms with Crippen molar-refractivity contribution in [1.29, 1.82) is 0 Å². The van der Waals surface area contributed by atoms with Crippen LogP contribution in [-0.4, -0.2) is 43.7 Å². The van der Waals surface area contributed by atoms with E-state index in [0.29, 0.717) is 32.3 Å². The fourth-order valence-corrected chi connectivity index (χ4v) is 3.10. The first-order valence-electron chi connectivity index (χ1n) is 7.68. The van der Waals surface area contributed by atoms with Crippen molar-refractivity contribution < 1.29 is 14.3 Å². The predicted octanol–water partition coefficient (Wildman–Crippen LogP) is 1.73. The molecular formula is C16H22N2O3. The van der Waals surface area contributed by atoms with Gasteiger partial charge in [0, 0.05) is 12.6 Å². The van der Waals surface area contributed by atoms with E-state index in [1.54, 1.807) is 0 Å². The zero-order chi connectivity index (χ0) is 14.7. The number of amides is 1. The van der Waals surface area contributed by atoms with Gasteiger partial charge in [0.05, 0.1) is 6.54 Å². The summed E-state index contributed by atoms with van der Waals surface area (Å²) in [4.78, 5) is 14.1. The minimum Gasteiger partial charge on any atom is -0.486 e. The molecule has 0 aromatic heterocycles. The molecule has 21 heavy (non-hydrogen) atoms. The van der Waals surface area contributed by atoms with E-state index in [1.807, 2.05) is 13.0 Å². The molecule has 1 N–H and O–H groups in total. The van der Waals surface area contributed by atoms with Gasteiger partial charge in [0.2, 0.25) is 5.91 Å². The Morgan fingerprint density at radius 1 is 1.33 bits per heavy atom. The lowest BCUT2D eigenvalue weighted by Gasteiger charge is -2.26. The van der Waals surface area contributed by atoms with E-state index >= 15 is 0 Å². The third-order valence-corrected chi connectivity index (χ3v) is 4.04. The monoisotopic (exact) mass is 290 g/mol. The summed E-state index contributed by atoms with van der Waals surface area (Å²) in [5.74, 6) is 1.74. The number of hydrogen-bond donors (Lipinski definition) is 1. The highest BCUT2D eigenvalue weighted by Crippen LogP contribution is 2.37. The van der Waals surface area contributed by atoms with E-state index in [9.17, 15) is 4.79 Å². The molecule has 114 valence electrons. The van der Waals surface area contributed by atoms with Crippen molar-refractivity contribution in [1.82, 2.24) is 10.2 Å². The van der Waals surface area contributed by atoms with E-state index in [0.717, 1.165) is 30.9 Å². The third-order valence-electron chi connectivity index (χ3n) is 4.04. The molecule has 1 unspecified atom stereocenters. The summed E-state index contributed by atoms with van der Waals surface area (Å²) in [5, 5.41) is 2.87. The van der Waals surface area contributed by atoms with E-state index < -0.39 is 0 Å². The molecule has 0 saturated carbocycles. The Kier molecular flexibility index (Phi) is 4.29. The summed E-state index contributed by atoms with van der Waals surface area (Å²) < 4.78 is 11.2. The lowest BCUT2D eigenvalue weighted by atomic mass is 10.0. The van der Waals surface area contributed by atoms with E-state index in [-0.39, 0.29) is 5.91 Å². The Bertz CT molecular complexity index is 518. The number of hydrogen-bond acceptors (Lipinski definition) is 4. The van der Waals surface area contributed by atoms with Crippen molar-refractivity contribution in [2.24, 2.45) is 0 Å². The van der Waals surface area contributed by atoms with Crippen LogP contribution in [0.25, 0.3) is 0 Å². The highest BCUT2D eigenvalue weighted by molar-refractivity contribution is 5.78. The van der Waals surface area contributed by atoms with Crippen molar-refractivity contribution in [2.75, 3.05) is 32.8 Å². The minimum atomic E-state index is 0.0990. The van der Waals surface area contributed by atoms with Crippen LogP contribution in [0, 0.1) is 0 Å². The van der Waals surface area contributed by atoms with Gasteiger partial charge in [-0.05, 0) is 44.0 Å². The highest BCUT2D eigenvalue weighted by Gasteiger charge is 2.28. The third kappa shape index (κ3) is 3.13. The first kappa shape index (κ1) is 14.2. The molecule has 1 aromatic carbocycles. The fourth-order valence-electron chi connectivity index (χ4n) is 3.10. The van der Waals surface area contributed by atoms with Crippen LogP contribution < -0.4 is 14.8 Å². The molecule has 1 aromatic rings. The summed E-state index contributed by atoms with van der Waals surface area (Å²) in [6.07, 6.45) is 2.21. The second-order valence-corrected chi connectivity index (χ2v) is 5.49. The Hall–Kier alpha value is -1.75. The van der Waals surface area contributed by atoms with Crippen molar-refractivity contribution in [3.05, 3.63) is 23.8 Å². The van der Waals surface area contributed by atoms with Gasteiger partial charge in [-0.2, -0.15) is 0 Å². The van der Waals surface area contributed by atoms with Crippen LogP contribution in [0.4, 0.5) is 0 Å². The fraction of sp³-hybridized carbons (Fsp3) is 0.562. The standard InChI is InChI=1S/C16H22N2O3/c1-2-17-16(19)11-18-7-3-4-13(18)12-5-6-14-15(10-12)21-9-8-20-14/h5-6,10,13H,2-4,7-9,11H2,1H3,(H,17,19). The summed E-state index contributed by atoms with van der Waals surface area (Å²) in [7, 11) is 0. The highest BCUT2D eigenvalue weighted by atomic mass is 16.6. The van der Waals surface area contributed by atoms with Crippen molar-refractivity contribution >= 4 is 5.91 Å². The first-order chi connectivity index (χ1) is 10.3. The summed E-state index contributed by atoms with van der Waals surface area (Å²) >= 11 is 0. The number of ether oxygens (including phenoxy) is 2. The quantitative estimate of drug-likeness (QED) is 0.917. The molecule has 0 radical (unpaired) electrons. The Balaban J connectivity index is 1.74. The maximum atomic E-state index is 11.8. The molecule has 1 saturated heterocycles. The normalized spacial score (nSPS) is 21.3. The average Bonchev–Trinajstić information content (AvgIpc) is 2.95. The van der Waals surface area contributed by atoms with E-state index in [2.05, 4.69) is 22.3 Å². The van der Waals surface area contributed by atoms with Crippen LogP contribution in [0.2, 0.25) is 0 Å². The minimum absolute atomic E-state index is 0.0990. The van der Waals surface area contributed by atoms with Gasteiger partial charge < -0.3 is 14.8 Å². The SMILES string of the molecule is CCNC(=O)CN1CCCC1c1ccc2c(c1)OCCO2. The van der Waals surface area contributed by atoms with Gasteiger partial charge in [0.1, 0.15) is 13.2 Å². The second kappa shape index (κ2) is 6.35. The molecule has 2 aliphatic heterocycles. The summed E-state index contributed by atoms with van der Waals surface area (Å²) in [6, 6.07) is 6.43. The van der Waals surface area contributed by atoms with Gasteiger partial charge in [-0.15, -0.1) is 0 Å². The van der Waals surface area contributed by atoms with Crippen LogP contribution in [0.15, 0.2) is 18.2 Å². The number of likely N-dealkylation sites (N-methyl/N-ethyl adjacent to an activating group) is 1. The number of carbonyl (C=O) groups is 1. The van der Waals surface area contributed by atoms with Crippen LogP contribution in [0.3, 0.4) is 0 Å². The van der Waals surface area contributed by atoms with Crippen molar-refractivity contribution in [2.45, 2.75) is 25.8 Å². The van der Waals surface area contributed by atoms with Gasteiger partial charge in [0.25, 0.3) is 0 Å². The van der Waals surface area contributed by atoms with Gasteiger partial charge in [-0.25, -0.2) is 0 Å². The topological polar surface area (TPSA) is 50.8 Å². The van der Waals surface area contributed by atoms with Gasteiger partial charge in [0.15, 0.2) is 11.5 Å². The summed E-state index contributed by atoms with van der Waals surface area (Å²) in [5.41, 5.74) is 1.21. The number of benzene rings is 1. The molecule has 5 nitrogen and oxygen atoms in total. The predicted molar refractivity (Wildman–Crippen MR) is 79.7 cm³/mol. The van der Waals surface area contributed by atoms with Gasteiger partial charge in [-0.3, -0.25) is 9.69 Å². The molecule has 3 rings (SSSR count). The molecule has 0 bridgehead atoms. The molecule has 2 aliphatic rings. The number of likely N-dealkylation sites (tertiary alicyclic amines) is 1. The Morgan fingerprint density at radius 3 is 2.95 bits per heavy atom. The van der Waals surface area contributed by atoms with Crippen LogP contribution in [-0.2, 0) is 4.79 Å². The Labute approximate surface area is 125 Å². The molecule has 2 heterocycles. The van der Waals surface area contributed by atoms with Crippen molar-refractivity contribution in [3.8, 4) is 11.5 Å². The van der Waals surface area contributed by atoms with Crippen LogP contribution in [0.1, 0.15) is 31.4 Å². The number of carbonyl (C=O) groups excluding carboxylic acids is 1.